The molecule has 1 rings (SSSR count). The number of alkyl halides is 2. The van der Waals surface area contributed by atoms with E-state index < -0.39 is 31.1 Å². The van der Waals surface area contributed by atoms with Crippen LogP contribution in [0.25, 0.3) is 0 Å². The lowest BCUT2D eigenvalue weighted by molar-refractivity contribution is -0.128. The number of nitrogens with one attached hydrogen (secondary N) is 1. The lowest BCUT2D eigenvalue weighted by atomic mass is 10.2. The summed E-state index contributed by atoms with van der Waals surface area (Å²) < 4.78 is 29.4. The number of carbonyl (C=O) groups is 1. The zero-order valence-corrected chi connectivity index (χ0v) is 10.8. The first-order valence-corrected chi connectivity index (χ1v) is 5.87. The molecule has 4 nitrogen and oxygen atoms in total. The van der Waals surface area contributed by atoms with Gasteiger partial charge in [0.15, 0.2) is 6.10 Å². The molecule has 0 aromatic heterocycles. The smallest absolute Gasteiger partial charge is 0.265 e. The van der Waals surface area contributed by atoms with Crippen molar-refractivity contribution < 1.29 is 23.4 Å². The number of aryl methyl sites for hydroxylation is 1. The van der Waals surface area contributed by atoms with Crippen LogP contribution in [-0.4, -0.2) is 36.2 Å². The van der Waals surface area contributed by atoms with Crippen LogP contribution >= 0.6 is 0 Å². The van der Waals surface area contributed by atoms with Crippen LogP contribution in [0.3, 0.4) is 0 Å². The second-order valence-corrected chi connectivity index (χ2v) is 4.22. The molecule has 2 N–H and O–H groups in total. The van der Waals surface area contributed by atoms with Crippen LogP contribution < -0.4 is 10.1 Å². The Hall–Kier alpha value is -1.69. The Labute approximate surface area is 110 Å². The van der Waals surface area contributed by atoms with Crippen molar-refractivity contribution in [3.8, 4) is 5.75 Å². The van der Waals surface area contributed by atoms with Gasteiger partial charge < -0.3 is 15.2 Å². The number of hydrogen-bond acceptors (Lipinski definition) is 3. The number of ether oxygens (including phenoxy) is 1. The molecule has 0 spiro atoms. The molecule has 0 aliphatic carbocycles. The highest BCUT2D eigenvalue weighted by atomic mass is 19.3. The SMILES string of the molecule is Cc1ccc(OC(C)C(=O)NCC(O)C(F)F)cc1. The highest BCUT2D eigenvalue weighted by Crippen LogP contribution is 2.13. The average molecular weight is 273 g/mol. The van der Waals surface area contributed by atoms with E-state index in [0.717, 1.165) is 5.56 Å². The number of aliphatic hydroxyl groups is 1. The summed E-state index contributed by atoms with van der Waals surface area (Å²) in [4.78, 5) is 11.5. The predicted octanol–water partition coefficient (Wildman–Crippen LogP) is 1.50. The number of rotatable bonds is 6. The fraction of sp³-hybridized carbons (Fsp3) is 0.462. The van der Waals surface area contributed by atoms with Crippen LogP contribution in [0.15, 0.2) is 24.3 Å². The number of carbonyl (C=O) groups excluding carboxylic acids is 1. The molecule has 0 fully saturated rings. The Morgan fingerprint density at radius 1 is 1.37 bits per heavy atom. The number of aliphatic hydroxyl groups excluding tert-OH is 1. The van der Waals surface area contributed by atoms with E-state index in [1.807, 2.05) is 19.1 Å². The van der Waals surface area contributed by atoms with Crippen molar-refractivity contribution in [1.29, 1.82) is 0 Å². The molecule has 1 aromatic rings. The summed E-state index contributed by atoms with van der Waals surface area (Å²) in [5, 5.41) is 11.1. The Morgan fingerprint density at radius 3 is 2.47 bits per heavy atom. The van der Waals surface area contributed by atoms with Gasteiger partial charge in [-0.15, -0.1) is 0 Å². The summed E-state index contributed by atoms with van der Waals surface area (Å²) in [6.45, 7) is 2.92. The molecule has 0 bridgehead atoms. The van der Waals surface area contributed by atoms with Crippen molar-refractivity contribution in [2.45, 2.75) is 32.5 Å². The molecule has 2 atom stereocenters. The molecule has 0 aliphatic heterocycles. The summed E-state index contributed by atoms with van der Waals surface area (Å²) in [6.07, 6.45) is -5.57. The van der Waals surface area contributed by atoms with Crippen LogP contribution in [0.4, 0.5) is 8.78 Å². The highest BCUT2D eigenvalue weighted by Gasteiger charge is 2.20. The van der Waals surface area contributed by atoms with Crippen LogP contribution in [0.5, 0.6) is 5.75 Å². The van der Waals surface area contributed by atoms with Crippen molar-refractivity contribution in [1.82, 2.24) is 5.32 Å². The lowest BCUT2D eigenvalue weighted by Crippen LogP contribution is -2.42. The van der Waals surface area contributed by atoms with Gasteiger partial charge in [-0.25, -0.2) is 8.78 Å². The largest absolute Gasteiger partial charge is 0.481 e. The number of halogens is 2. The fourth-order valence-electron chi connectivity index (χ4n) is 1.31. The van der Waals surface area contributed by atoms with E-state index in [9.17, 15) is 13.6 Å². The van der Waals surface area contributed by atoms with Gasteiger partial charge in [-0.2, -0.15) is 0 Å². The first kappa shape index (κ1) is 15.4. The second kappa shape index (κ2) is 7.04. The Balaban J connectivity index is 2.42. The average Bonchev–Trinajstić information content (AvgIpc) is 2.37. The van der Waals surface area contributed by atoms with E-state index in [4.69, 9.17) is 9.84 Å². The van der Waals surface area contributed by atoms with E-state index in [-0.39, 0.29) is 0 Å². The van der Waals surface area contributed by atoms with Crippen molar-refractivity contribution in [2.24, 2.45) is 0 Å². The van der Waals surface area contributed by atoms with E-state index in [2.05, 4.69) is 5.32 Å². The van der Waals surface area contributed by atoms with Gasteiger partial charge in [0.2, 0.25) is 0 Å². The van der Waals surface area contributed by atoms with E-state index in [1.165, 1.54) is 6.92 Å². The van der Waals surface area contributed by atoms with Crippen molar-refractivity contribution in [2.75, 3.05) is 6.54 Å². The van der Waals surface area contributed by atoms with Crippen LogP contribution in [0.2, 0.25) is 0 Å². The fourth-order valence-corrected chi connectivity index (χ4v) is 1.31. The monoisotopic (exact) mass is 273 g/mol. The number of benzene rings is 1. The molecular formula is C13H17F2NO3. The number of hydrogen-bond donors (Lipinski definition) is 2. The molecule has 1 amide bonds. The van der Waals surface area contributed by atoms with Crippen molar-refractivity contribution >= 4 is 5.91 Å². The Kier molecular flexibility index (Phi) is 5.69. The zero-order valence-electron chi connectivity index (χ0n) is 10.8. The highest BCUT2D eigenvalue weighted by molar-refractivity contribution is 5.80. The lowest BCUT2D eigenvalue weighted by Gasteiger charge is -2.16. The summed E-state index contributed by atoms with van der Waals surface area (Å²) in [5.41, 5.74) is 1.06. The molecule has 0 radical (unpaired) electrons. The predicted molar refractivity (Wildman–Crippen MR) is 66.3 cm³/mol. The van der Waals surface area contributed by atoms with Gasteiger partial charge in [-0.1, -0.05) is 17.7 Å². The van der Waals surface area contributed by atoms with E-state index in [1.54, 1.807) is 12.1 Å². The van der Waals surface area contributed by atoms with Crippen LogP contribution in [0.1, 0.15) is 12.5 Å². The summed E-state index contributed by atoms with van der Waals surface area (Å²) in [7, 11) is 0. The maximum Gasteiger partial charge on any atom is 0.265 e. The quantitative estimate of drug-likeness (QED) is 0.826. The molecule has 0 heterocycles. The van der Waals surface area contributed by atoms with Gasteiger partial charge >= 0.3 is 0 Å². The third kappa shape index (κ3) is 5.21. The third-order valence-electron chi connectivity index (χ3n) is 2.48. The van der Waals surface area contributed by atoms with Gasteiger partial charge in [0.05, 0.1) is 0 Å². The molecular weight excluding hydrogens is 256 g/mol. The molecule has 106 valence electrons. The maximum absolute atomic E-state index is 12.0. The first-order valence-electron chi connectivity index (χ1n) is 5.87. The minimum absolute atomic E-state index is 0.502. The molecule has 0 saturated carbocycles. The second-order valence-electron chi connectivity index (χ2n) is 4.22. The summed E-state index contributed by atoms with van der Waals surface area (Å²) in [5.74, 6) is -0.0390. The molecule has 2 unspecified atom stereocenters. The standard InChI is InChI=1S/C13H17F2NO3/c1-8-3-5-10(6-4-8)19-9(2)13(18)16-7-11(17)12(14)15/h3-6,9,11-12,17H,7H2,1-2H3,(H,16,18). The van der Waals surface area contributed by atoms with Crippen molar-refractivity contribution in [3.63, 3.8) is 0 Å². The minimum Gasteiger partial charge on any atom is -0.481 e. The van der Waals surface area contributed by atoms with Crippen LogP contribution in [-0.2, 0) is 4.79 Å². The summed E-state index contributed by atoms with van der Waals surface area (Å²) in [6, 6.07) is 7.10. The summed E-state index contributed by atoms with van der Waals surface area (Å²) >= 11 is 0. The molecule has 1 aromatic carbocycles. The van der Waals surface area contributed by atoms with Gasteiger partial charge in [0.1, 0.15) is 11.9 Å². The number of amides is 1. The van der Waals surface area contributed by atoms with E-state index >= 15 is 0 Å². The normalized spacial score (nSPS) is 14.0. The van der Waals surface area contributed by atoms with Crippen LogP contribution in [0, 0.1) is 6.92 Å². The Morgan fingerprint density at radius 2 is 1.95 bits per heavy atom. The van der Waals surface area contributed by atoms with Gasteiger partial charge in [-0.3, -0.25) is 4.79 Å². The van der Waals surface area contributed by atoms with E-state index in [0.29, 0.717) is 5.75 Å². The topological polar surface area (TPSA) is 58.6 Å². The molecule has 6 heteroatoms. The maximum atomic E-state index is 12.0. The molecule has 0 saturated heterocycles. The van der Waals surface area contributed by atoms with Gasteiger partial charge in [0, 0.05) is 6.54 Å². The van der Waals surface area contributed by atoms with Gasteiger partial charge in [-0.05, 0) is 26.0 Å². The van der Waals surface area contributed by atoms with Crippen molar-refractivity contribution in [3.05, 3.63) is 29.8 Å². The van der Waals surface area contributed by atoms with Gasteiger partial charge in [0.25, 0.3) is 12.3 Å². The zero-order chi connectivity index (χ0) is 14.4. The molecule has 0 aliphatic rings. The minimum atomic E-state index is -2.88. The first-order chi connectivity index (χ1) is 8.90. The third-order valence-corrected chi connectivity index (χ3v) is 2.48. The Bertz CT molecular complexity index is 409. The molecule has 19 heavy (non-hydrogen) atoms.